The smallest absolute Gasteiger partial charge is 0.258 e. The summed E-state index contributed by atoms with van der Waals surface area (Å²) < 4.78 is 6.98. The van der Waals surface area contributed by atoms with Crippen LogP contribution in [0.4, 0.5) is 5.69 Å². The van der Waals surface area contributed by atoms with Crippen molar-refractivity contribution in [3.63, 3.8) is 0 Å². The molecule has 3 aromatic rings. The number of nitrogens with one attached hydrogen (secondary N) is 2. The Morgan fingerprint density at radius 3 is 2.96 bits per heavy atom. The first-order chi connectivity index (χ1) is 12.1. The van der Waals surface area contributed by atoms with Crippen LogP contribution in [0.1, 0.15) is 37.3 Å². The summed E-state index contributed by atoms with van der Waals surface area (Å²) in [6, 6.07) is 5.65. The summed E-state index contributed by atoms with van der Waals surface area (Å²) >= 11 is 0. The van der Waals surface area contributed by atoms with Gasteiger partial charge in [0.15, 0.2) is 6.10 Å². The molecule has 2 aromatic heterocycles. The van der Waals surface area contributed by atoms with Gasteiger partial charge >= 0.3 is 0 Å². The number of fused-ring (bicyclic) bond motifs is 1. The van der Waals surface area contributed by atoms with Gasteiger partial charge in [-0.3, -0.25) is 9.48 Å². The molecule has 0 saturated heterocycles. The number of methoxy groups -OCH3 is 1. The molecule has 1 atom stereocenters. The van der Waals surface area contributed by atoms with E-state index in [-0.39, 0.29) is 5.91 Å². The highest BCUT2D eigenvalue weighted by molar-refractivity contribution is 5.96. The van der Waals surface area contributed by atoms with Gasteiger partial charge in [-0.15, -0.1) is 0 Å². The summed E-state index contributed by atoms with van der Waals surface area (Å²) in [5.74, 6) is 0.742. The van der Waals surface area contributed by atoms with Crippen LogP contribution in [0.3, 0.4) is 0 Å². The highest BCUT2D eigenvalue weighted by Gasteiger charge is 2.21. The lowest BCUT2D eigenvalue weighted by Gasteiger charge is -2.13. The van der Waals surface area contributed by atoms with Crippen molar-refractivity contribution in [2.24, 2.45) is 7.05 Å². The fourth-order valence-electron chi connectivity index (χ4n) is 2.78. The number of aromatic amines is 1. The third kappa shape index (κ3) is 3.88. The van der Waals surface area contributed by atoms with Crippen molar-refractivity contribution in [1.29, 1.82) is 0 Å². The van der Waals surface area contributed by atoms with E-state index in [9.17, 15) is 4.79 Å². The first kappa shape index (κ1) is 17.2. The molecule has 0 saturated carbocycles. The van der Waals surface area contributed by atoms with E-state index in [1.54, 1.807) is 24.1 Å². The Bertz CT molecular complexity index is 867. The zero-order valence-electron chi connectivity index (χ0n) is 14.7. The number of aromatic nitrogens is 4. The van der Waals surface area contributed by atoms with Crippen molar-refractivity contribution in [2.75, 3.05) is 12.4 Å². The van der Waals surface area contributed by atoms with Gasteiger partial charge in [0.1, 0.15) is 5.82 Å². The first-order valence-corrected chi connectivity index (χ1v) is 8.41. The van der Waals surface area contributed by atoms with Crippen molar-refractivity contribution in [3.8, 4) is 0 Å². The molecule has 0 aliphatic carbocycles. The van der Waals surface area contributed by atoms with E-state index in [4.69, 9.17) is 4.74 Å². The third-order valence-corrected chi connectivity index (χ3v) is 4.07. The summed E-state index contributed by atoms with van der Waals surface area (Å²) in [6.07, 6.45) is 5.86. The molecule has 0 spiro atoms. The van der Waals surface area contributed by atoms with Gasteiger partial charge in [0.05, 0.1) is 17.2 Å². The van der Waals surface area contributed by atoms with Crippen molar-refractivity contribution in [1.82, 2.24) is 19.7 Å². The Morgan fingerprint density at radius 1 is 1.44 bits per heavy atom. The molecule has 0 aliphatic rings. The number of aryl methyl sites for hydroxylation is 2. The molecular formula is C18H23N5O2. The van der Waals surface area contributed by atoms with Crippen LogP contribution in [0.5, 0.6) is 0 Å². The number of hydrogen-bond donors (Lipinski definition) is 2. The minimum Gasteiger partial charge on any atom is -0.367 e. The van der Waals surface area contributed by atoms with Crippen molar-refractivity contribution >= 4 is 22.6 Å². The molecule has 1 amide bonds. The normalized spacial score (nSPS) is 12.4. The predicted octanol–water partition coefficient (Wildman–Crippen LogP) is 2.97. The minimum absolute atomic E-state index is 0.236. The number of ether oxygens (including phenoxy) is 1. The molecular weight excluding hydrogens is 318 g/mol. The molecule has 0 bridgehead atoms. The lowest BCUT2D eigenvalue weighted by Crippen LogP contribution is -2.22. The molecule has 25 heavy (non-hydrogen) atoms. The molecule has 7 heteroatoms. The standard InChI is InChI=1S/C18H23N5O2/c1-4-5-6-16-21-14-8-7-13(9-15(14)22-16)20-18(24)17(25-3)12-10-19-23(2)11-12/h7-11,17H,4-6H2,1-3H3,(H,20,24)(H,21,22)/t17-/m1/s1. The summed E-state index contributed by atoms with van der Waals surface area (Å²) in [7, 11) is 3.31. The fourth-order valence-corrected chi connectivity index (χ4v) is 2.78. The fraction of sp³-hybridized carbons (Fsp3) is 0.389. The van der Waals surface area contributed by atoms with Crippen LogP contribution in [0.2, 0.25) is 0 Å². The van der Waals surface area contributed by atoms with Crippen molar-refractivity contribution in [2.45, 2.75) is 32.3 Å². The van der Waals surface area contributed by atoms with Crippen LogP contribution in [-0.2, 0) is 23.0 Å². The van der Waals surface area contributed by atoms with Crippen LogP contribution in [-0.4, -0.2) is 32.8 Å². The molecule has 132 valence electrons. The number of anilines is 1. The predicted molar refractivity (Wildman–Crippen MR) is 96.3 cm³/mol. The molecule has 0 unspecified atom stereocenters. The molecule has 2 N–H and O–H groups in total. The van der Waals surface area contributed by atoms with Crippen LogP contribution in [0.15, 0.2) is 30.6 Å². The maximum absolute atomic E-state index is 12.5. The molecule has 0 radical (unpaired) electrons. The number of carbonyl (C=O) groups excluding carboxylic acids is 1. The number of nitrogens with zero attached hydrogens (tertiary/aromatic N) is 3. The number of unbranched alkanes of at least 4 members (excludes halogenated alkanes) is 1. The Labute approximate surface area is 146 Å². The summed E-state index contributed by atoms with van der Waals surface area (Å²) in [4.78, 5) is 20.4. The van der Waals surface area contributed by atoms with Crippen molar-refractivity contribution in [3.05, 3.63) is 42.0 Å². The van der Waals surface area contributed by atoms with Gasteiger partial charge in [-0.1, -0.05) is 13.3 Å². The summed E-state index contributed by atoms with van der Waals surface area (Å²) in [5, 5.41) is 6.98. The highest BCUT2D eigenvalue weighted by atomic mass is 16.5. The van der Waals surface area contributed by atoms with Gasteiger partial charge in [0, 0.05) is 38.0 Å². The van der Waals surface area contributed by atoms with Crippen LogP contribution >= 0.6 is 0 Å². The second-order valence-electron chi connectivity index (χ2n) is 6.07. The van der Waals surface area contributed by atoms with E-state index < -0.39 is 6.10 Å². The van der Waals surface area contributed by atoms with E-state index in [2.05, 4.69) is 27.3 Å². The Kier molecular flexibility index (Phi) is 5.14. The van der Waals surface area contributed by atoms with Gasteiger partial charge in [-0.2, -0.15) is 5.10 Å². The summed E-state index contributed by atoms with van der Waals surface area (Å²) in [5.41, 5.74) is 3.24. The minimum atomic E-state index is -0.703. The average molecular weight is 341 g/mol. The van der Waals surface area contributed by atoms with Gasteiger partial charge in [0.25, 0.3) is 5.91 Å². The van der Waals surface area contributed by atoms with E-state index in [1.807, 2.05) is 18.2 Å². The molecule has 0 aliphatic heterocycles. The van der Waals surface area contributed by atoms with E-state index in [0.29, 0.717) is 11.3 Å². The Morgan fingerprint density at radius 2 is 2.28 bits per heavy atom. The second kappa shape index (κ2) is 7.48. The first-order valence-electron chi connectivity index (χ1n) is 8.41. The number of hydrogen-bond acceptors (Lipinski definition) is 4. The van der Waals surface area contributed by atoms with Gasteiger partial charge in [-0.25, -0.2) is 4.98 Å². The molecule has 7 nitrogen and oxygen atoms in total. The monoisotopic (exact) mass is 341 g/mol. The van der Waals surface area contributed by atoms with E-state index >= 15 is 0 Å². The topological polar surface area (TPSA) is 84.8 Å². The van der Waals surface area contributed by atoms with Crippen LogP contribution in [0.25, 0.3) is 11.0 Å². The number of amides is 1. The number of carbonyl (C=O) groups is 1. The SMILES string of the molecule is CCCCc1nc2ccc(NC(=O)[C@H](OC)c3cnn(C)c3)cc2[nH]1. The quantitative estimate of drug-likeness (QED) is 0.692. The summed E-state index contributed by atoms with van der Waals surface area (Å²) in [6.45, 7) is 2.16. The molecule has 3 rings (SSSR count). The zero-order valence-corrected chi connectivity index (χ0v) is 14.7. The lowest BCUT2D eigenvalue weighted by molar-refractivity contribution is -0.126. The van der Waals surface area contributed by atoms with E-state index in [0.717, 1.165) is 36.1 Å². The largest absolute Gasteiger partial charge is 0.367 e. The number of H-pyrrole nitrogens is 1. The molecule has 1 aromatic carbocycles. The molecule has 0 fully saturated rings. The van der Waals surface area contributed by atoms with Gasteiger partial charge < -0.3 is 15.0 Å². The van der Waals surface area contributed by atoms with Crippen LogP contribution < -0.4 is 5.32 Å². The number of imidazole rings is 1. The maximum atomic E-state index is 12.5. The molecule has 2 heterocycles. The van der Waals surface area contributed by atoms with Crippen LogP contribution in [0, 0.1) is 0 Å². The third-order valence-electron chi connectivity index (χ3n) is 4.07. The zero-order chi connectivity index (χ0) is 17.8. The number of benzene rings is 1. The maximum Gasteiger partial charge on any atom is 0.258 e. The van der Waals surface area contributed by atoms with Crippen molar-refractivity contribution < 1.29 is 9.53 Å². The Balaban J connectivity index is 1.75. The lowest BCUT2D eigenvalue weighted by atomic mass is 10.2. The van der Waals surface area contributed by atoms with Gasteiger partial charge in [-0.05, 0) is 24.6 Å². The van der Waals surface area contributed by atoms with Gasteiger partial charge in [0.2, 0.25) is 0 Å². The Hall–Kier alpha value is -2.67. The van der Waals surface area contributed by atoms with E-state index in [1.165, 1.54) is 7.11 Å². The average Bonchev–Trinajstić information content (AvgIpc) is 3.19. The highest BCUT2D eigenvalue weighted by Crippen LogP contribution is 2.21. The number of rotatable bonds is 7. The second-order valence-corrected chi connectivity index (χ2v) is 6.07.